The molecule has 0 unspecified atom stereocenters. The summed E-state index contributed by atoms with van der Waals surface area (Å²) in [6.07, 6.45) is -6.24. The van der Waals surface area contributed by atoms with Gasteiger partial charge in [0.05, 0.1) is 22.0 Å². The first kappa shape index (κ1) is 26.4. The van der Waals surface area contributed by atoms with Gasteiger partial charge in [-0.05, 0) is 38.0 Å². The van der Waals surface area contributed by atoms with Crippen LogP contribution < -0.4 is 15.4 Å². The number of rotatable bonds is 8. The number of nitrogens with one attached hydrogen (secondary N) is 2. The molecule has 11 heteroatoms. The number of hydrogen-bond acceptors (Lipinski definition) is 3. The molecule has 5 nitrogen and oxygen atoms in total. The molecule has 0 bridgehead atoms. The Labute approximate surface area is 192 Å². The first-order valence-corrected chi connectivity index (χ1v) is 10.4. The second kappa shape index (κ2) is 10.8. The van der Waals surface area contributed by atoms with E-state index in [0.717, 1.165) is 12.1 Å². The van der Waals surface area contributed by atoms with Gasteiger partial charge in [-0.1, -0.05) is 31.5 Å². The Morgan fingerprint density at radius 2 is 1.70 bits per heavy atom. The van der Waals surface area contributed by atoms with Gasteiger partial charge >= 0.3 is 6.18 Å². The van der Waals surface area contributed by atoms with Crippen molar-refractivity contribution >= 4 is 34.8 Å². The largest absolute Gasteiger partial charge is 0.480 e. The summed E-state index contributed by atoms with van der Waals surface area (Å²) in [5.41, 5.74) is -1.55. The number of ether oxygens (including phenoxy) is 1. The normalized spacial score (nSPS) is 12.4. The highest BCUT2D eigenvalue weighted by molar-refractivity contribution is 6.34. The van der Waals surface area contributed by atoms with Crippen molar-refractivity contribution in [2.45, 2.75) is 45.9 Å². The number of halogens is 6. The molecule has 2 rings (SSSR count). The number of alkyl halides is 3. The highest BCUT2D eigenvalue weighted by Crippen LogP contribution is 2.33. The van der Waals surface area contributed by atoms with E-state index >= 15 is 0 Å². The Morgan fingerprint density at radius 3 is 2.24 bits per heavy atom. The maximum atomic E-state index is 14.7. The molecule has 0 heterocycles. The fourth-order valence-corrected chi connectivity index (χ4v) is 3.08. The number of para-hydroxylation sites is 1. The second-order valence-corrected chi connectivity index (χ2v) is 7.59. The monoisotopic (exact) mass is 492 g/mol. The summed E-state index contributed by atoms with van der Waals surface area (Å²) in [6, 6.07) is 4.95. The Morgan fingerprint density at radius 1 is 1.06 bits per heavy atom. The molecule has 180 valence electrons. The smallest absolute Gasteiger partial charge is 0.425 e. The van der Waals surface area contributed by atoms with Crippen LogP contribution in [-0.2, 0) is 4.79 Å². The summed E-state index contributed by atoms with van der Waals surface area (Å²) in [4.78, 5) is 25.0. The SMILES string of the molecule is CCC(CC)C(=O)Nc1cc(O[C@@H](C)C(F)(F)F)c(C(=O)Nc2c(F)cccc2Cl)cc1F. The zero-order valence-electron chi connectivity index (χ0n) is 17.9. The fraction of sp³-hybridized carbons (Fsp3) is 0.364. The van der Waals surface area contributed by atoms with Crippen molar-refractivity contribution in [3.63, 3.8) is 0 Å². The molecule has 2 N–H and O–H groups in total. The van der Waals surface area contributed by atoms with E-state index in [4.69, 9.17) is 16.3 Å². The van der Waals surface area contributed by atoms with Crippen LogP contribution in [0.25, 0.3) is 0 Å². The third-order valence-corrected chi connectivity index (χ3v) is 5.21. The standard InChI is InChI=1S/C22H22ClF5N2O3/c1-4-12(5-2)20(31)29-17-10-18(33-11(3)22(26,27)28)13(9-16(17)25)21(32)30-19-14(23)7-6-8-15(19)24/h6-12H,4-5H2,1-3H3,(H,29,31)(H,30,32)/t11-/m0/s1. The Hall–Kier alpha value is -2.88. The van der Waals surface area contributed by atoms with Crippen molar-refractivity contribution in [1.29, 1.82) is 0 Å². The molecule has 0 radical (unpaired) electrons. The van der Waals surface area contributed by atoms with E-state index in [1.165, 1.54) is 12.1 Å². The average Bonchev–Trinajstić information content (AvgIpc) is 2.73. The Balaban J connectivity index is 2.48. The van der Waals surface area contributed by atoms with Gasteiger partial charge in [0, 0.05) is 12.0 Å². The van der Waals surface area contributed by atoms with Crippen molar-refractivity contribution in [3.05, 3.63) is 52.6 Å². The molecule has 0 aliphatic carbocycles. The topological polar surface area (TPSA) is 67.4 Å². The van der Waals surface area contributed by atoms with Gasteiger partial charge < -0.3 is 15.4 Å². The molecule has 0 saturated carbocycles. The highest BCUT2D eigenvalue weighted by atomic mass is 35.5. The molecule has 1 atom stereocenters. The summed E-state index contributed by atoms with van der Waals surface area (Å²) >= 11 is 5.86. The first-order chi connectivity index (χ1) is 15.4. The van der Waals surface area contributed by atoms with Gasteiger partial charge in [-0.3, -0.25) is 9.59 Å². The third-order valence-electron chi connectivity index (χ3n) is 4.89. The van der Waals surface area contributed by atoms with Gasteiger partial charge in [-0.15, -0.1) is 0 Å². The lowest BCUT2D eigenvalue weighted by atomic mass is 10.0. The van der Waals surface area contributed by atoms with Crippen LogP contribution in [0.4, 0.5) is 33.3 Å². The summed E-state index contributed by atoms with van der Waals surface area (Å²) in [5, 5.41) is 4.24. The van der Waals surface area contributed by atoms with Crippen molar-refractivity contribution in [3.8, 4) is 5.75 Å². The quantitative estimate of drug-likeness (QED) is 0.409. The number of carbonyl (C=O) groups excluding carboxylic acids is 2. The highest BCUT2D eigenvalue weighted by Gasteiger charge is 2.39. The molecular formula is C22H22ClF5N2O3. The number of anilines is 2. The van der Waals surface area contributed by atoms with Crippen LogP contribution in [0.15, 0.2) is 30.3 Å². The second-order valence-electron chi connectivity index (χ2n) is 7.18. The minimum Gasteiger partial charge on any atom is -0.480 e. The first-order valence-electron chi connectivity index (χ1n) is 10.0. The number of carbonyl (C=O) groups is 2. The minimum atomic E-state index is -4.80. The molecule has 2 aromatic rings. The van der Waals surface area contributed by atoms with Crippen LogP contribution in [0.1, 0.15) is 44.0 Å². The van der Waals surface area contributed by atoms with Crippen molar-refractivity contribution < 1.29 is 36.3 Å². The fourth-order valence-electron chi connectivity index (χ4n) is 2.87. The molecule has 2 aromatic carbocycles. The van der Waals surface area contributed by atoms with Gasteiger partial charge in [-0.2, -0.15) is 13.2 Å². The van der Waals surface area contributed by atoms with Crippen LogP contribution in [0.3, 0.4) is 0 Å². The third kappa shape index (κ3) is 6.56. The minimum absolute atomic E-state index is 0.177. The molecule has 0 saturated heterocycles. The summed E-state index contributed by atoms with van der Waals surface area (Å²) < 4.78 is 72.8. The van der Waals surface area contributed by atoms with Crippen molar-refractivity contribution in [2.75, 3.05) is 10.6 Å². The van der Waals surface area contributed by atoms with E-state index in [-0.39, 0.29) is 5.02 Å². The van der Waals surface area contributed by atoms with E-state index in [1.807, 2.05) is 0 Å². The van der Waals surface area contributed by atoms with Gasteiger partial charge in [-0.25, -0.2) is 8.78 Å². The molecule has 0 spiro atoms. The maximum Gasteiger partial charge on any atom is 0.425 e. The van der Waals surface area contributed by atoms with E-state index in [1.54, 1.807) is 13.8 Å². The van der Waals surface area contributed by atoms with Crippen LogP contribution in [-0.4, -0.2) is 24.1 Å². The van der Waals surface area contributed by atoms with Gasteiger partial charge in [0.1, 0.15) is 17.4 Å². The van der Waals surface area contributed by atoms with E-state index in [0.29, 0.717) is 25.8 Å². The lowest BCUT2D eigenvalue weighted by molar-refractivity contribution is -0.189. The van der Waals surface area contributed by atoms with Crippen molar-refractivity contribution in [2.24, 2.45) is 5.92 Å². The zero-order chi connectivity index (χ0) is 24.9. The van der Waals surface area contributed by atoms with Crippen LogP contribution in [0, 0.1) is 17.6 Å². The van der Waals surface area contributed by atoms with Gasteiger partial charge in [0.25, 0.3) is 5.91 Å². The zero-order valence-corrected chi connectivity index (χ0v) is 18.7. The van der Waals surface area contributed by atoms with Crippen LogP contribution in [0.5, 0.6) is 5.75 Å². The molecule has 0 aliphatic rings. The van der Waals surface area contributed by atoms with E-state index in [9.17, 15) is 31.5 Å². The lowest BCUT2D eigenvalue weighted by Gasteiger charge is -2.21. The summed E-state index contributed by atoms with van der Waals surface area (Å²) in [7, 11) is 0. The predicted molar refractivity (Wildman–Crippen MR) is 115 cm³/mol. The number of amides is 2. The molecule has 0 fully saturated rings. The Kier molecular flexibility index (Phi) is 8.65. The summed E-state index contributed by atoms with van der Waals surface area (Å²) in [6.45, 7) is 4.21. The van der Waals surface area contributed by atoms with Gasteiger partial charge in [0.15, 0.2) is 6.10 Å². The lowest BCUT2D eigenvalue weighted by Crippen LogP contribution is -2.32. The molecule has 0 aromatic heterocycles. The van der Waals surface area contributed by atoms with Crippen LogP contribution >= 0.6 is 11.6 Å². The van der Waals surface area contributed by atoms with Crippen LogP contribution in [0.2, 0.25) is 5.02 Å². The average molecular weight is 493 g/mol. The van der Waals surface area contributed by atoms with Gasteiger partial charge in [0.2, 0.25) is 5.91 Å². The molecule has 0 aliphatic heterocycles. The van der Waals surface area contributed by atoms with E-state index in [2.05, 4.69) is 10.6 Å². The maximum absolute atomic E-state index is 14.7. The Bertz CT molecular complexity index is 1010. The molecule has 33 heavy (non-hydrogen) atoms. The molecular weight excluding hydrogens is 471 g/mol. The van der Waals surface area contributed by atoms with Crippen molar-refractivity contribution in [1.82, 2.24) is 0 Å². The predicted octanol–water partition coefficient (Wildman–Crippen LogP) is 6.57. The molecule has 2 amide bonds. The van der Waals surface area contributed by atoms with E-state index < -0.39 is 64.3 Å². The number of benzene rings is 2. The number of hydrogen-bond donors (Lipinski definition) is 2. The summed E-state index contributed by atoms with van der Waals surface area (Å²) in [5.74, 6) is -4.81.